The van der Waals surface area contributed by atoms with Crippen LogP contribution in [0.3, 0.4) is 0 Å². The molecule has 148 valence electrons. The van der Waals surface area contributed by atoms with Crippen LogP contribution in [0.25, 0.3) is 0 Å². The van der Waals surface area contributed by atoms with E-state index in [0.717, 1.165) is 13.1 Å². The second kappa shape index (κ2) is 8.05. The van der Waals surface area contributed by atoms with Gasteiger partial charge in [0, 0.05) is 23.4 Å². The van der Waals surface area contributed by atoms with Crippen molar-refractivity contribution in [1.29, 1.82) is 0 Å². The van der Waals surface area contributed by atoms with E-state index in [-0.39, 0.29) is 16.1 Å². The van der Waals surface area contributed by atoms with Crippen molar-refractivity contribution in [3.05, 3.63) is 64.2 Å². The normalized spacial score (nSPS) is 15.9. The first-order valence-electron chi connectivity index (χ1n) is 8.75. The first-order valence-corrected chi connectivity index (χ1v) is 10.2. The maximum Gasteiger partial charge on any atom is 0.269 e. The Labute approximate surface area is 162 Å². The van der Waals surface area contributed by atoms with E-state index in [0.29, 0.717) is 18.8 Å². The summed E-state index contributed by atoms with van der Waals surface area (Å²) in [5, 5.41) is 13.3. The van der Waals surface area contributed by atoms with E-state index < -0.39 is 20.9 Å². The summed E-state index contributed by atoms with van der Waals surface area (Å²) < 4.78 is 26.9. The molecular weight excluding hydrogens is 384 g/mol. The van der Waals surface area contributed by atoms with Crippen molar-refractivity contribution >= 4 is 27.3 Å². The van der Waals surface area contributed by atoms with Gasteiger partial charge in [-0.3, -0.25) is 14.9 Å². The Morgan fingerprint density at radius 2 is 1.64 bits per heavy atom. The zero-order valence-corrected chi connectivity index (χ0v) is 16.1. The Morgan fingerprint density at radius 1 is 1.07 bits per heavy atom. The predicted octanol–water partition coefficient (Wildman–Crippen LogP) is 0.366. The summed E-state index contributed by atoms with van der Waals surface area (Å²) in [4.78, 5) is 23.9. The monoisotopic (exact) mass is 405 g/mol. The number of nitro groups is 1. The molecule has 1 aliphatic rings. The van der Waals surface area contributed by atoms with Gasteiger partial charge in [-0.2, -0.15) is 4.31 Å². The highest BCUT2D eigenvalue weighted by molar-refractivity contribution is 7.89. The number of sulfonamides is 1. The van der Waals surface area contributed by atoms with Crippen LogP contribution in [0.15, 0.2) is 53.4 Å². The predicted molar refractivity (Wildman–Crippen MR) is 103 cm³/mol. The second-order valence-electron chi connectivity index (χ2n) is 6.64. The largest absolute Gasteiger partial charge is 0.335 e. The minimum atomic E-state index is -3.55. The minimum absolute atomic E-state index is 0.100. The summed E-state index contributed by atoms with van der Waals surface area (Å²) >= 11 is 0. The molecule has 0 aromatic heterocycles. The Balaban J connectivity index is 1.68. The summed E-state index contributed by atoms with van der Waals surface area (Å²) in [6.07, 6.45) is 0. The van der Waals surface area contributed by atoms with Crippen molar-refractivity contribution in [2.24, 2.45) is 0 Å². The van der Waals surface area contributed by atoms with Crippen LogP contribution in [0.5, 0.6) is 0 Å². The average Bonchev–Trinajstić information content (AvgIpc) is 2.69. The molecular formula is C18H21N4O5S+. The lowest BCUT2D eigenvalue weighted by Gasteiger charge is -2.29. The molecule has 2 aromatic rings. The SMILES string of the molecule is C[NH+]1CCN(S(=O)(=O)c2ccc(NC(=O)c3ccc([N+](=O)[O-])cc3)cc2)CC1. The minimum Gasteiger partial charge on any atom is -0.335 e. The summed E-state index contributed by atoms with van der Waals surface area (Å²) in [6, 6.07) is 11.2. The van der Waals surface area contributed by atoms with Crippen LogP contribution in [0.2, 0.25) is 0 Å². The summed E-state index contributed by atoms with van der Waals surface area (Å²) in [5.74, 6) is -0.437. The molecule has 0 spiro atoms. The fourth-order valence-corrected chi connectivity index (χ4v) is 4.35. The second-order valence-corrected chi connectivity index (χ2v) is 8.58. The molecule has 2 aromatic carbocycles. The molecule has 1 aliphatic heterocycles. The van der Waals surface area contributed by atoms with Crippen molar-refractivity contribution in [2.75, 3.05) is 38.5 Å². The number of amides is 1. The molecule has 10 heteroatoms. The molecule has 0 atom stereocenters. The van der Waals surface area contributed by atoms with Crippen LogP contribution < -0.4 is 10.2 Å². The Bertz CT molecular complexity index is 966. The number of benzene rings is 2. The maximum atomic E-state index is 12.7. The smallest absolute Gasteiger partial charge is 0.269 e. The van der Waals surface area contributed by atoms with Gasteiger partial charge in [0.25, 0.3) is 11.6 Å². The highest BCUT2D eigenvalue weighted by atomic mass is 32.2. The number of hydrogen-bond acceptors (Lipinski definition) is 5. The Morgan fingerprint density at radius 3 is 2.18 bits per heavy atom. The van der Waals surface area contributed by atoms with Gasteiger partial charge in [0.2, 0.25) is 10.0 Å². The van der Waals surface area contributed by atoms with Crippen LogP contribution >= 0.6 is 0 Å². The van der Waals surface area contributed by atoms with Gasteiger partial charge in [0.1, 0.15) is 0 Å². The van der Waals surface area contributed by atoms with Gasteiger partial charge in [-0.15, -0.1) is 0 Å². The Hall–Kier alpha value is -2.82. The van der Waals surface area contributed by atoms with Crippen molar-refractivity contribution in [3.63, 3.8) is 0 Å². The third kappa shape index (κ3) is 4.35. The lowest BCUT2D eigenvalue weighted by Crippen LogP contribution is -3.12. The van der Waals surface area contributed by atoms with E-state index in [9.17, 15) is 23.3 Å². The number of non-ortho nitro benzene ring substituents is 1. The van der Waals surface area contributed by atoms with E-state index in [1.54, 1.807) is 0 Å². The number of nitrogens with one attached hydrogen (secondary N) is 2. The number of rotatable bonds is 5. The van der Waals surface area contributed by atoms with Crippen LogP contribution in [-0.4, -0.2) is 56.8 Å². The van der Waals surface area contributed by atoms with Crippen molar-refractivity contribution in [2.45, 2.75) is 4.90 Å². The van der Waals surface area contributed by atoms with Gasteiger partial charge >= 0.3 is 0 Å². The molecule has 1 saturated heterocycles. The molecule has 2 N–H and O–H groups in total. The van der Waals surface area contributed by atoms with Crippen molar-refractivity contribution in [3.8, 4) is 0 Å². The number of nitrogens with zero attached hydrogens (tertiary/aromatic N) is 2. The first kappa shape index (κ1) is 19.9. The summed E-state index contributed by atoms with van der Waals surface area (Å²) in [7, 11) is -1.52. The number of carbonyl (C=O) groups is 1. The number of nitro benzene ring substituents is 1. The van der Waals surface area contributed by atoms with E-state index in [1.165, 1.54) is 57.7 Å². The van der Waals surface area contributed by atoms with E-state index in [4.69, 9.17) is 0 Å². The van der Waals surface area contributed by atoms with Crippen LogP contribution in [0, 0.1) is 10.1 Å². The molecule has 0 radical (unpaired) electrons. The van der Waals surface area contributed by atoms with E-state index >= 15 is 0 Å². The zero-order chi connectivity index (χ0) is 20.3. The molecule has 0 aliphatic carbocycles. The molecule has 0 bridgehead atoms. The molecule has 1 fully saturated rings. The molecule has 9 nitrogen and oxygen atoms in total. The fourth-order valence-electron chi connectivity index (χ4n) is 2.91. The summed E-state index contributed by atoms with van der Waals surface area (Å²) in [5.41, 5.74) is 0.601. The van der Waals surface area contributed by atoms with Gasteiger partial charge in [-0.1, -0.05) is 0 Å². The van der Waals surface area contributed by atoms with Gasteiger partial charge in [-0.25, -0.2) is 8.42 Å². The van der Waals surface area contributed by atoms with E-state index in [1.807, 2.05) is 7.05 Å². The highest BCUT2D eigenvalue weighted by Crippen LogP contribution is 2.19. The fraction of sp³-hybridized carbons (Fsp3) is 0.278. The van der Waals surface area contributed by atoms with Crippen molar-refractivity contribution in [1.82, 2.24) is 4.31 Å². The number of quaternary nitrogens is 1. The number of likely N-dealkylation sites (N-methyl/N-ethyl adjacent to an activating group) is 1. The standard InChI is InChI=1S/C18H20N4O5S/c1-20-10-12-21(13-11-20)28(26,27)17-8-4-15(5-9-17)19-18(23)14-2-6-16(7-3-14)22(24)25/h2-9H,10-13H2,1H3,(H,19,23)/p+1. The topological polar surface area (TPSA) is 114 Å². The third-order valence-corrected chi connectivity index (χ3v) is 6.58. The average molecular weight is 405 g/mol. The first-order chi connectivity index (χ1) is 13.3. The summed E-state index contributed by atoms with van der Waals surface area (Å²) in [6.45, 7) is 2.49. The molecule has 3 rings (SSSR count). The van der Waals surface area contributed by atoms with Gasteiger partial charge in [0.15, 0.2) is 0 Å². The van der Waals surface area contributed by atoms with Crippen LogP contribution in [-0.2, 0) is 10.0 Å². The maximum absolute atomic E-state index is 12.7. The molecule has 1 amide bonds. The van der Waals surface area contributed by atoms with Crippen LogP contribution in [0.4, 0.5) is 11.4 Å². The van der Waals surface area contributed by atoms with Gasteiger partial charge in [0.05, 0.1) is 43.0 Å². The number of carbonyl (C=O) groups excluding carboxylic acids is 1. The Kier molecular flexibility index (Phi) is 5.73. The number of piperazine rings is 1. The molecule has 0 saturated carbocycles. The molecule has 1 heterocycles. The molecule has 28 heavy (non-hydrogen) atoms. The number of hydrogen-bond donors (Lipinski definition) is 2. The lowest BCUT2D eigenvalue weighted by molar-refractivity contribution is -0.883. The quantitative estimate of drug-likeness (QED) is 0.551. The lowest BCUT2D eigenvalue weighted by atomic mass is 10.2. The van der Waals surface area contributed by atoms with Crippen molar-refractivity contribution < 1.29 is 23.0 Å². The van der Waals surface area contributed by atoms with Gasteiger partial charge < -0.3 is 10.2 Å². The zero-order valence-electron chi connectivity index (χ0n) is 15.3. The highest BCUT2D eigenvalue weighted by Gasteiger charge is 2.29. The van der Waals surface area contributed by atoms with E-state index in [2.05, 4.69) is 5.32 Å². The third-order valence-electron chi connectivity index (χ3n) is 4.67. The molecule has 0 unspecified atom stereocenters. The van der Waals surface area contributed by atoms with Gasteiger partial charge in [-0.05, 0) is 36.4 Å². The number of anilines is 1. The van der Waals surface area contributed by atoms with Crippen LogP contribution in [0.1, 0.15) is 10.4 Å².